The van der Waals surface area contributed by atoms with Crippen LogP contribution < -0.4 is 0 Å². The highest BCUT2D eigenvalue weighted by Gasteiger charge is 2.33. The Morgan fingerprint density at radius 3 is 2.45 bits per heavy atom. The summed E-state index contributed by atoms with van der Waals surface area (Å²) in [5.41, 5.74) is 3.73. The Balaban J connectivity index is 1.61. The number of amides is 1. The van der Waals surface area contributed by atoms with Crippen molar-refractivity contribution in [2.24, 2.45) is 0 Å². The normalized spacial score (nSPS) is 19.7. The fourth-order valence-electron chi connectivity index (χ4n) is 2.96. The minimum absolute atomic E-state index is 0.000721. The lowest BCUT2D eigenvalue weighted by molar-refractivity contribution is -0.129. The highest BCUT2D eigenvalue weighted by atomic mass is 32.2. The van der Waals surface area contributed by atoms with E-state index in [9.17, 15) is 13.4 Å². The van der Waals surface area contributed by atoms with Crippen LogP contribution in [0.4, 0.5) is 4.39 Å². The zero-order chi connectivity index (χ0) is 15.9. The van der Waals surface area contributed by atoms with Crippen LogP contribution in [-0.4, -0.2) is 50.1 Å². The van der Waals surface area contributed by atoms with E-state index in [2.05, 4.69) is 0 Å². The molecule has 0 aliphatic carbocycles. The second kappa shape index (κ2) is 5.91. The van der Waals surface area contributed by atoms with Gasteiger partial charge < -0.3 is 4.90 Å². The molecule has 0 fully saturated rings. The van der Waals surface area contributed by atoms with Gasteiger partial charge in [-0.05, 0) is 41.3 Å². The van der Waals surface area contributed by atoms with E-state index in [1.807, 2.05) is 0 Å². The summed E-state index contributed by atoms with van der Waals surface area (Å²) in [7, 11) is 0. The molecule has 0 saturated carbocycles. The van der Waals surface area contributed by atoms with E-state index >= 15 is 0 Å². The summed E-state index contributed by atoms with van der Waals surface area (Å²) in [5, 5.41) is 0. The summed E-state index contributed by atoms with van der Waals surface area (Å²) in [6.07, 6.45) is 0.252. The van der Waals surface area contributed by atoms with Crippen molar-refractivity contribution >= 4 is 17.2 Å². The second-order valence-electron chi connectivity index (χ2n) is 5.73. The van der Waals surface area contributed by atoms with Crippen molar-refractivity contribution < 1.29 is 17.9 Å². The van der Waals surface area contributed by atoms with E-state index in [0.29, 0.717) is 26.2 Å². The number of aryl methyl sites for hydroxylation is 1. The average molecular weight is 324 g/mol. The molecule has 1 unspecified atom stereocenters. The van der Waals surface area contributed by atoms with Crippen LogP contribution in [0.15, 0.2) is 29.3 Å². The molecule has 1 aromatic carbocycles. The molecule has 5 nitrogen and oxygen atoms in total. The maximum absolute atomic E-state index is 13.1. The Labute approximate surface area is 130 Å². The van der Waals surface area contributed by atoms with Gasteiger partial charge in [0, 0.05) is 26.2 Å². The Hall–Kier alpha value is -1.57. The standard InChI is InChI=1S/C15H17FN2O3S/c1-10-4-14(16)3-2-11(10)5-15(19)17-6-12-8-18(22(20)21)9-13(12)7-17/h2-4H,5-9H2,1H3,(H,20,21). The quantitative estimate of drug-likeness (QED) is 0.673. The highest BCUT2D eigenvalue weighted by molar-refractivity contribution is 7.76. The van der Waals surface area contributed by atoms with Crippen LogP contribution in [0.3, 0.4) is 0 Å². The number of carbonyl (C=O) groups is 1. The third kappa shape index (κ3) is 2.97. The second-order valence-corrected chi connectivity index (χ2v) is 6.71. The smallest absolute Gasteiger partial charge is 0.235 e. The molecule has 22 heavy (non-hydrogen) atoms. The minimum atomic E-state index is -1.96. The largest absolute Gasteiger partial charge is 0.334 e. The van der Waals surface area contributed by atoms with E-state index in [-0.39, 0.29) is 18.1 Å². The molecule has 0 bridgehead atoms. The van der Waals surface area contributed by atoms with Gasteiger partial charge >= 0.3 is 0 Å². The zero-order valence-corrected chi connectivity index (χ0v) is 13.0. The van der Waals surface area contributed by atoms with Crippen LogP contribution in [0.5, 0.6) is 0 Å². The van der Waals surface area contributed by atoms with Crippen LogP contribution in [0.2, 0.25) is 0 Å². The van der Waals surface area contributed by atoms with Gasteiger partial charge in [-0.2, -0.15) is 4.31 Å². The SMILES string of the molecule is Cc1cc(F)ccc1CC(=O)N1CC2=C(C1)CN(S(=O)O)C2. The summed E-state index contributed by atoms with van der Waals surface area (Å²) in [6, 6.07) is 4.45. The topological polar surface area (TPSA) is 60.9 Å². The summed E-state index contributed by atoms with van der Waals surface area (Å²) in [6.45, 7) is 3.71. The predicted octanol–water partition coefficient (Wildman–Crippen LogP) is 1.27. The molecule has 2 heterocycles. The number of nitrogens with zero attached hydrogens (tertiary/aromatic N) is 2. The van der Waals surface area contributed by atoms with E-state index in [4.69, 9.17) is 4.55 Å². The van der Waals surface area contributed by atoms with Gasteiger partial charge in [0.25, 0.3) is 0 Å². The van der Waals surface area contributed by atoms with Crippen LogP contribution in [-0.2, 0) is 22.5 Å². The molecule has 2 aliphatic rings. The lowest BCUT2D eigenvalue weighted by Gasteiger charge is -2.21. The van der Waals surface area contributed by atoms with E-state index < -0.39 is 11.3 Å². The Morgan fingerprint density at radius 2 is 1.91 bits per heavy atom. The fraction of sp³-hybridized carbons (Fsp3) is 0.400. The van der Waals surface area contributed by atoms with Crippen molar-refractivity contribution in [2.45, 2.75) is 13.3 Å². The Morgan fingerprint density at radius 1 is 1.27 bits per heavy atom. The molecule has 7 heteroatoms. The Bertz CT molecular complexity index is 671. The molecular formula is C15H17FN2O3S. The number of hydrogen-bond donors (Lipinski definition) is 1. The summed E-state index contributed by atoms with van der Waals surface area (Å²) < 4.78 is 34.7. The molecular weight excluding hydrogens is 307 g/mol. The van der Waals surface area contributed by atoms with Crippen molar-refractivity contribution in [1.82, 2.24) is 9.21 Å². The van der Waals surface area contributed by atoms with Gasteiger partial charge in [0.05, 0.1) is 6.42 Å². The van der Waals surface area contributed by atoms with E-state index in [1.165, 1.54) is 16.4 Å². The molecule has 2 aliphatic heterocycles. The average Bonchev–Trinajstić information content (AvgIpc) is 3.00. The first-order valence-electron chi connectivity index (χ1n) is 7.02. The van der Waals surface area contributed by atoms with Gasteiger partial charge in [0.2, 0.25) is 17.2 Å². The third-order valence-electron chi connectivity index (χ3n) is 4.22. The first-order chi connectivity index (χ1) is 10.4. The van der Waals surface area contributed by atoms with Crippen LogP contribution in [0, 0.1) is 12.7 Å². The molecule has 1 atom stereocenters. The van der Waals surface area contributed by atoms with Gasteiger partial charge in [-0.15, -0.1) is 0 Å². The van der Waals surface area contributed by atoms with E-state index in [0.717, 1.165) is 22.3 Å². The van der Waals surface area contributed by atoms with Crippen molar-refractivity contribution in [3.63, 3.8) is 0 Å². The number of carbonyl (C=O) groups excluding carboxylic acids is 1. The van der Waals surface area contributed by atoms with Gasteiger partial charge in [0.15, 0.2) is 0 Å². The van der Waals surface area contributed by atoms with Gasteiger partial charge in [-0.25, -0.2) is 8.60 Å². The summed E-state index contributed by atoms with van der Waals surface area (Å²) in [4.78, 5) is 14.1. The molecule has 0 spiro atoms. The molecule has 1 N–H and O–H groups in total. The number of halogens is 1. The van der Waals surface area contributed by atoms with Crippen LogP contribution in [0.1, 0.15) is 11.1 Å². The maximum Gasteiger partial charge on any atom is 0.235 e. The van der Waals surface area contributed by atoms with Crippen molar-refractivity contribution in [3.05, 3.63) is 46.3 Å². The van der Waals surface area contributed by atoms with Gasteiger partial charge in [0.1, 0.15) is 5.82 Å². The van der Waals surface area contributed by atoms with Gasteiger partial charge in [-0.3, -0.25) is 9.35 Å². The monoisotopic (exact) mass is 324 g/mol. The molecule has 0 radical (unpaired) electrons. The number of rotatable bonds is 3. The van der Waals surface area contributed by atoms with Crippen molar-refractivity contribution in [1.29, 1.82) is 0 Å². The van der Waals surface area contributed by atoms with Crippen LogP contribution >= 0.6 is 0 Å². The lowest BCUT2D eigenvalue weighted by Crippen LogP contribution is -2.35. The molecule has 0 aromatic heterocycles. The molecule has 3 rings (SSSR count). The first kappa shape index (κ1) is 15.3. The fourth-order valence-corrected chi connectivity index (χ4v) is 3.50. The van der Waals surface area contributed by atoms with Crippen LogP contribution in [0.25, 0.3) is 0 Å². The van der Waals surface area contributed by atoms with Gasteiger partial charge in [-0.1, -0.05) is 6.07 Å². The summed E-state index contributed by atoms with van der Waals surface area (Å²) >= 11 is -1.96. The first-order valence-corrected chi connectivity index (χ1v) is 8.09. The predicted molar refractivity (Wildman–Crippen MR) is 80.8 cm³/mol. The summed E-state index contributed by atoms with van der Waals surface area (Å²) in [5.74, 6) is -0.298. The number of benzene rings is 1. The third-order valence-corrected chi connectivity index (χ3v) is 4.92. The minimum Gasteiger partial charge on any atom is -0.334 e. The lowest BCUT2D eigenvalue weighted by atomic mass is 10.1. The van der Waals surface area contributed by atoms with E-state index in [1.54, 1.807) is 17.9 Å². The van der Waals surface area contributed by atoms with Crippen molar-refractivity contribution in [2.75, 3.05) is 26.2 Å². The molecule has 118 valence electrons. The van der Waals surface area contributed by atoms with Crippen molar-refractivity contribution in [3.8, 4) is 0 Å². The highest BCUT2D eigenvalue weighted by Crippen LogP contribution is 2.26. The zero-order valence-electron chi connectivity index (χ0n) is 12.2. The Kier molecular flexibility index (Phi) is 4.12. The molecule has 0 saturated heterocycles. The number of hydrogen-bond acceptors (Lipinski definition) is 2. The maximum atomic E-state index is 13.1. The molecule has 1 aromatic rings. The molecule has 1 amide bonds.